The lowest BCUT2D eigenvalue weighted by Gasteiger charge is -2.39. The van der Waals surface area contributed by atoms with Crippen LogP contribution in [0, 0.1) is 6.92 Å². The second-order valence-corrected chi connectivity index (χ2v) is 11.6. The van der Waals surface area contributed by atoms with E-state index in [1.807, 2.05) is 53.1 Å². The summed E-state index contributed by atoms with van der Waals surface area (Å²) in [6.45, 7) is 7.68. The summed E-state index contributed by atoms with van der Waals surface area (Å²) in [5, 5.41) is 8.02. The molecule has 0 aliphatic carbocycles. The molecule has 1 atom stereocenters. The monoisotopic (exact) mass is 565 g/mol. The van der Waals surface area contributed by atoms with Crippen LogP contribution in [-0.2, 0) is 6.42 Å². The van der Waals surface area contributed by atoms with Gasteiger partial charge in [0.15, 0.2) is 17.3 Å². The molecule has 1 aromatic carbocycles. The molecule has 1 N–H and O–H groups in total. The summed E-state index contributed by atoms with van der Waals surface area (Å²) in [5.74, 6) is 2.71. The number of aryl methyl sites for hydroxylation is 1. The lowest BCUT2D eigenvalue weighted by molar-refractivity contribution is 0.217. The Kier molecular flexibility index (Phi) is 6.64. The number of hydrogen-bond acceptors (Lipinski definition) is 7. The number of rotatable bonds is 8. The largest absolute Gasteiger partial charge is 0.491 e. The molecule has 2 aliphatic rings. The Morgan fingerprint density at radius 3 is 2.83 bits per heavy atom. The van der Waals surface area contributed by atoms with Crippen molar-refractivity contribution in [3.63, 3.8) is 0 Å². The van der Waals surface area contributed by atoms with Gasteiger partial charge in [0.25, 0.3) is 0 Å². The predicted octanol–water partition coefficient (Wildman–Crippen LogP) is 3.87. The summed E-state index contributed by atoms with van der Waals surface area (Å²) in [6, 6.07) is 12.4. The molecule has 1 spiro atoms. The first-order valence-electron chi connectivity index (χ1n) is 14.6. The fraction of sp³-hybridized carbons (Fsp3) is 0.387. The molecule has 2 aliphatic heterocycles. The Bertz CT molecular complexity index is 1720. The Labute approximate surface area is 244 Å². The van der Waals surface area contributed by atoms with Gasteiger partial charge in [-0.05, 0) is 37.0 Å². The van der Waals surface area contributed by atoms with Crippen molar-refractivity contribution >= 4 is 23.0 Å². The lowest BCUT2D eigenvalue weighted by atomic mass is 9.88. The zero-order valence-corrected chi connectivity index (χ0v) is 24.0. The van der Waals surface area contributed by atoms with Crippen LogP contribution in [0.25, 0.3) is 11.2 Å². The van der Waals surface area contributed by atoms with E-state index in [0.717, 1.165) is 60.1 Å². The molecule has 2 fully saturated rings. The highest BCUT2D eigenvalue weighted by atomic mass is 16.5. The highest BCUT2D eigenvalue weighted by Gasteiger charge is 2.44. The van der Waals surface area contributed by atoms with Gasteiger partial charge < -0.3 is 24.3 Å². The van der Waals surface area contributed by atoms with Crippen LogP contribution >= 0.6 is 0 Å². The van der Waals surface area contributed by atoms with E-state index in [9.17, 15) is 4.79 Å². The Balaban J connectivity index is 0.963. The lowest BCUT2D eigenvalue weighted by Crippen LogP contribution is -2.52. The highest BCUT2D eigenvalue weighted by Crippen LogP contribution is 2.31. The maximum Gasteiger partial charge on any atom is 0.317 e. The number of benzene rings is 1. The molecular formula is C31H35N9O2. The SMILES string of the molecule is Cc1cc(OC[C@@H](C)c2ccccc2)cn2nc(CCN3CC4(CCN(c5nccn6cncc56)CC4)NC3=O)nc12. The van der Waals surface area contributed by atoms with Crippen molar-refractivity contribution < 1.29 is 9.53 Å². The van der Waals surface area contributed by atoms with E-state index in [1.54, 1.807) is 10.8 Å². The van der Waals surface area contributed by atoms with Gasteiger partial charge in [0.1, 0.15) is 11.3 Å². The number of piperidine rings is 1. The Hall–Kier alpha value is -4.67. The smallest absolute Gasteiger partial charge is 0.317 e. The van der Waals surface area contributed by atoms with E-state index < -0.39 is 0 Å². The standard InChI is InChI=1S/C31H35N9O2/c1-22-16-25(42-19-23(2)24-6-4-3-5-7-24)18-40-28(22)34-27(36-40)8-12-38-20-31(35-30(38)41)9-13-37(14-10-31)29-26-17-32-21-39(26)15-11-33-29/h3-7,11,15-18,21,23H,8-10,12-14,19-20H2,1-2H3,(H,35,41)/t23-/m1/s1. The predicted molar refractivity (Wildman–Crippen MR) is 159 cm³/mol. The summed E-state index contributed by atoms with van der Waals surface area (Å²) in [7, 11) is 0. The van der Waals surface area contributed by atoms with Crippen LogP contribution in [0.5, 0.6) is 5.75 Å². The molecule has 7 rings (SSSR count). The first-order valence-corrected chi connectivity index (χ1v) is 14.6. The van der Waals surface area contributed by atoms with E-state index in [1.165, 1.54) is 5.56 Å². The van der Waals surface area contributed by atoms with E-state index in [0.29, 0.717) is 26.1 Å². The van der Waals surface area contributed by atoms with Gasteiger partial charge in [-0.3, -0.25) is 0 Å². The summed E-state index contributed by atoms with van der Waals surface area (Å²) < 4.78 is 9.91. The average molecular weight is 566 g/mol. The van der Waals surface area contributed by atoms with Crippen molar-refractivity contribution in [1.82, 2.24) is 39.2 Å². The van der Waals surface area contributed by atoms with Gasteiger partial charge in [-0.2, -0.15) is 5.10 Å². The van der Waals surface area contributed by atoms with Crippen molar-refractivity contribution in [2.45, 2.75) is 44.6 Å². The van der Waals surface area contributed by atoms with Crippen LogP contribution in [0.3, 0.4) is 0 Å². The number of anilines is 1. The molecule has 11 heteroatoms. The van der Waals surface area contributed by atoms with Crippen LogP contribution < -0.4 is 15.0 Å². The molecule has 0 unspecified atom stereocenters. The quantitative estimate of drug-likeness (QED) is 0.305. The van der Waals surface area contributed by atoms with Crippen LogP contribution in [0.4, 0.5) is 10.6 Å². The number of carbonyl (C=O) groups is 1. The summed E-state index contributed by atoms with van der Waals surface area (Å²) in [4.78, 5) is 30.8. The summed E-state index contributed by atoms with van der Waals surface area (Å²) in [6.07, 6.45) is 11.6. The second-order valence-electron chi connectivity index (χ2n) is 11.6. The third-order valence-electron chi connectivity index (χ3n) is 8.60. The zero-order valence-electron chi connectivity index (χ0n) is 24.0. The van der Waals surface area contributed by atoms with E-state index in [-0.39, 0.29) is 17.5 Å². The number of nitrogens with zero attached hydrogens (tertiary/aromatic N) is 8. The normalized spacial score (nSPS) is 17.3. The number of urea groups is 1. The molecule has 4 aromatic heterocycles. The van der Waals surface area contributed by atoms with Crippen LogP contribution in [0.2, 0.25) is 0 Å². The molecule has 2 amide bonds. The number of aromatic nitrogens is 6. The van der Waals surface area contributed by atoms with Crippen LogP contribution in [0.15, 0.2) is 67.5 Å². The Morgan fingerprint density at radius 1 is 1.17 bits per heavy atom. The topological polar surface area (TPSA) is 105 Å². The number of hydrogen-bond donors (Lipinski definition) is 1. The zero-order chi connectivity index (χ0) is 28.7. The summed E-state index contributed by atoms with van der Waals surface area (Å²) in [5.41, 5.74) is 3.85. The van der Waals surface area contributed by atoms with Gasteiger partial charge in [0, 0.05) is 50.9 Å². The molecule has 0 saturated carbocycles. The van der Waals surface area contributed by atoms with Gasteiger partial charge in [-0.25, -0.2) is 24.3 Å². The van der Waals surface area contributed by atoms with Crippen molar-refractivity contribution in [1.29, 1.82) is 0 Å². The summed E-state index contributed by atoms with van der Waals surface area (Å²) >= 11 is 0. The third-order valence-corrected chi connectivity index (χ3v) is 8.60. The molecule has 216 valence electrons. The minimum Gasteiger partial charge on any atom is -0.491 e. The van der Waals surface area contributed by atoms with Crippen molar-refractivity contribution in [2.75, 3.05) is 37.7 Å². The third kappa shape index (κ3) is 4.99. The number of nitrogens with one attached hydrogen (secondary N) is 1. The Morgan fingerprint density at radius 2 is 2.00 bits per heavy atom. The van der Waals surface area contributed by atoms with Gasteiger partial charge in [-0.1, -0.05) is 37.3 Å². The van der Waals surface area contributed by atoms with E-state index in [4.69, 9.17) is 14.8 Å². The number of pyridine rings is 1. The molecular weight excluding hydrogens is 530 g/mol. The average Bonchev–Trinajstić information content (AvgIpc) is 3.73. The van der Waals surface area contributed by atoms with Gasteiger partial charge in [0.2, 0.25) is 0 Å². The van der Waals surface area contributed by atoms with Gasteiger partial charge >= 0.3 is 6.03 Å². The number of amides is 2. The first-order chi connectivity index (χ1) is 20.5. The molecule has 11 nitrogen and oxygen atoms in total. The minimum atomic E-state index is -0.217. The van der Waals surface area contributed by atoms with Crippen molar-refractivity contribution in [3.8, 4) is 5.75 Å². The van der Waals surface area contributed by atoms with Crippen molar-refractivity contribution in [3.05, 3.63) is 84.5 Å². The van der Waals surface area contributed by atoms with Crippen LogP contribution in [-0.4, -0.2) is 78.2 Å². The van der Waals surface area contributed by atoms with Gasteiger partial charge in [-0.15, -0.1) is 0 Å². The fourth-order valence-corrected chi connectivity index (χ4v) is 6.16. The fourth-order valence-electron chi connectivity index (χ4n) is 6.16. The number of imidazole rings is 1. The number of ether oxygens (including phenoxy) is 1. The van der Waals surface area contributed by atoms with Gasteiger partial charge in [0.05, 0.1) is 30.9 Å². The van der Waals surface area contributed by atoms with E-state index in [2.05, 4.69) is 51.4 Å². The van der Waals surface area contributed by atoms with Crippen LogP contribution in [0.1, 0.15) is 42.6 Å². The maximum atomic E-state index is 13.0. The highest BCUT2D eigenvalue weighted by molar-refractivity contribution is 5.78. The molecule has 42 heavy (non-hydrogen) atoms. The number of carbonyl (C=O) groups excluding carboxylic acids is 1. The number of fused-ring (bicyclic) bond motifs is 2. The first kappa shape index (κ1) is 26.2. The van der Waals surface area contributed by atoms with Crippen molar-refractivity contribution in [2.24, 2.45) is 0 Å². The minimum absolute atomic E-state index is 0.0115. The molecule has 0 radical (unpaired) electrons. The molecule has 6 heterocycles. The second kappa shape index (κ2) is 10.6. The van der Waals surface area contributed by atoms with E-state index >= 15 is 0 Å². The maximum absolute atomic E-state index is 13.0. The molecule has 5 aromatic rings. The molecule has 2 saturated heterocycles. The molecule has 0 bridgehead atoms.